The molecule has 1 aromatic carbocycles. The first-order valence-corrected chi connectivity index (χ1v) is 9.30. The lowest BCUT2D eigenvalue weighted by Crippen LogP contribution is -2.19. The van der Waals surface area contributed by atoms with Crippen molar-refractivity contribution in [1.29, 1.82) is 0 Å². The van der Waals surface area contributed by atoms with E-state index in [0.717, 1.165) is 30.0 Å². The predicted octanol–water partition coefficient (Wildman–Crippen LogP) is 2.64. The molecule has 28 heavy (non-hydrogen) atoms. The van der Waals surface area contributed by atoms with Gasteiger partial charge in [0.15, 0.2) is 5.82 Å². The second-order valence-corrected chi connectivity index (χ2v) is 6.83. The smallest absolute Gasteiger partial charge is 0.230 e. The number of halogens is 1. The third-order valence-electron chi connectivity index (χ3n) is 4.65. The summed E-state index contributed by atoms with van der Waals surface area (Å²) in [7, 11) is 0. The van der Waals surface area contributed by atoms with E-state index in [1.165, 1.54) is 36.0 Å². The number of carbonyl (C=O) groups is 1. The average Bonchev–Trinajstić information content (AvgIpc) is 3.37. The molecule has 1 amide bonds. The van der Waals surface area contributed by atoms with E-state index in [1.54, 1.807) is 18.3 Å². The van der Waals surface area contributed by atoms with Crippen LogP contribution in [-0.4, -0.2) is 39.0 Å². The first-order valence-electron chi connectivity index (χ1n) is 9.30. The highest BCUT2D eigenvalue weighted by Crippen LogP contribution is 2.17. The Balaban J connectivity index is 1.31. The molecular weight excluding hydrogens is 359 g/mol. The molecule has 3 heterocycles. The molecule has 7 nitrogen and oxygen atoms in total. The molecule has 0 saturated carbocycles. The zero-order valence-corrected chi connectivity index (χ0v) is 15.4. The number of benzene rings is 1. The van der Waals surface area contributed by atoms with E-state index in [2.05, 4.69) is 25.4 Å². The SMILES string of the molecule is O=C(Cc1ccc(N2CCCC2)nc1)Nc1cnn(Cc2ccc(F)cc2)n1. The summed E-state index contributed by atoms with van der Waals surface area (Å²) in [6.07, 6.45) is 5.87. The first-order chi connectivity index (χ1) is 13.7. The van der Waals surface area contributed by atoms with Crippen molar-refractivity contribution < 1.29 is 9.18 Å². The largest absolute Gasteiger partial charge is 0.357 e. The predicted molar refractivity (Wildman–Crippen MR) is 104 cm³/mol. The zero-order chi connectivity index (χ0) is 19.3. The fourth-order valence-corrected chi connectivity index (χ4v) is 3.21. The molecule has 8 heteroatoms. The number of nitrogens with one attached hydrogen (secondary N) is 1. The van der Waals surface area contributed by atoms with Crippen LogP contribution in [-0.2, 0) is 17.8 Å². The van der Waals surface area contributed by atoms with Gasteiger partial charge < -0.3 is 10.2 Å². The maximum atomic E-state index is 13.0. The molecule has 4 rings (SSSR count). The van der Waals surface area contributed by atoms with Crippen molar-refractivity contribution in [2.24, 2.45) is 0 Å². The second kappa shape index (κ2) is 8.16. The minimum atomic E-state index is -0.284. The van der Waals surface area contributed by atoms with Crippen molar-refractivity contribution in [3.05, 3.63) is 65.7 Å². The molecule has 0 spiro atoms. The zero-order valence-electron chi connectivity index (χ0n) is 15.4. The van der Waals surface area contributed by atoms with Crippen molar-refractivity contribution in [1.82, 2.24) is 20.0 Å². The fraction of sp³-hybridized carbons (Fsp3) is 0.300. The first kappa shape index (κ1) is 18.1. The van der Waals surface area contributed by atoms with Crippen LogP contribution in [0.25, 0.3) is 0 Å². The highest BCUT2D eigenvalue weighted by atomic mass is 19.1. The number of amides is 1. The summed E-state index contributed by atoms with van der Waals surface area (Å²) in [5, 5.41) is 11.1. The summed E-state index contributed by atoms with van der Waals surface area (Å²) >= 11 is 0. The van der Waals surface area contributed by atoms with Crippen LogP contribution in [0.3, 0.4) is 0 Å². The molecule has 0 bridgehead atoms. The minimum absolute atomic E-state index is 0.176. The Morgan fingerprint density at radius 2 is 1.79 bits per heavy atom. The number of pyridine rings is 1. The Bertz CT molecular complexity index is 932. The number of hydrogen-bond donors (Lipinski definition) is 1. The second-order valence-electron chi connectivity index (χ2n) is 6.83. The van der Waals surface area contributed by atoms with Crippen LogP contribution < -0.4 is 10.2 Å². The van der Waals surface area contributed by atoms with Gasteiger partial charge in [0.25, 0.3) is 0 Å². The Labute approximate surface area is 162 Å². The number of hydrogen-bond acceptors (Lipinski definition) is 5. The summed E-state index contributed by atoms with van der Waals surface area (Å²) in [6.45, 7) is 2.48. The lowest BCUT2D eigenvalue weighted by molar-refractivity contribution is -0.115. The molecule has 1 fully saturated rings. The van der Waals surface area contributed by atoms with Crippen LogP contribution in [0.5, 0.6) is 0 Å². The monoisotopic (exact) mass is 380 g/mol. The van der Waals surface area contributed by atoms with E-state index in [1.807, 2.05) is 12.1 Å². The van der Waals surface area contributed by atoms with Crippen LogP contribution in [0.1, 0.15) is 24.0 Å². The number of nitrogens with zero attached hydrogens (tertiary/aromatic N) is 5. The van der Waals surface area contributed by atoms with E-state index < -0.39 is 0 Å². The van der Waals surface area contributed by atoms with Gasteiger partial charge in [0.2, 0.25) is 5.91 Å². The molecule has 1 saturated heterocycles. The van der Waals surface area contributed by atoms with Crippen molar-refractivity contribution in [3.63, 3.8) is 0 Å². The van der Waals surface area contributed by atoms with E-state index in [0.29, 0.717) is 12.4 Å². The van der Waals surface area contributed by atoms with Crippen molar-refractivity contribution >= 4 is 17.5 Å². The van der Waals surface area contributed by atoms with Gasteiger partial charge >= 0.3 is 0 Å². The summed E-state index contributed by atoms with van der Waals surface area (Å²) in [5.74, 6) is 0.886. The van der Waals surface area contributed by atoms with E-state index >= 15 is 0 Å². The maximum Gasteiger partial charge on any atom is 0.230 e. The van der Waals surface area contributed by atoms with Crippen LogP contribution in [0.4, 0.5) is 16.0 Å². The van der Waals surface area contributed by atoms with Gasteiger partial charge in [-0.1, -0.05) is 18.2 Å². The van der Waals surface area contributed by atoms with Gasteiger partial charge in [0, 0.05) is 19.3 Å². The maximum absolute atomic E-state index is 13.0. The van der Waals surface area contributed by atoms with Crippen molar-refractivity contribution in [3.8, 4) is 0 Å². The molecule has 2 aromatic heterocycles. The van der Waals surface area contributed by atoms with Crippen LogP contribution >= 0.6 is 0 Å². The Hall–Kier alpha value is -3.29. The molecule has 0 aliphatic carbocycles. The summed E-state index contributed by atoms with van der Waals surface area (Å²) < 4.78 is 13.0. The fourth-order valence-electron chi connectivity index (χ4n) is 3.21. The summed E-state index contributed by atoms with van der Waals surface area (Å²) in [5.41, 5.74) is 1.72. The topological polar surface area (TPSA) is 75.9 Å². The van der Waals surface area contributed by atoms with Gasteiger partial charge in [-0.25, -0.2) is 9.37 Å². The third-order valence-corrected chi connectivity index (χ3v) is 4.65. The Morgan fingerprint density at radius 1 is 1.04 bits per heavy atom. The standard InChI is InChI=1S/C20H21FN6O/c21-17-6-3-15(4-7-17)14-27-23-13-18(25-27)24-20(28)11-16-5-8-19(22-12-16)26-9-1-2-10-26/h3-8,12-13H,1-2,9-11,14H2,(H,24,25,28). The highest BCUT2D eigenvalue weighted by molar-refractivity contribution is 5.91. The minimum Gasteiger partial charge on any atom is -0.357 e. The molecule has 1 N–H and O–H groups in total. The van der Waals surface area contributed by atoms with Crippen LogP contribution in [0.15, 0.2) is 48.8 Å². The molecule has 1 aliphatic rings. The molecule has 0 unspecified atom stereocenters. The highest BCUT2D eigenvalue weighted by Gasteiger charge is 2.14. The molecule has 1 aliphatic heterocycles. The summed E-state index contributed by atoms with van der Waals surface area (Å²) in [6, 6.07) is 10.0. The van der Waals surface area contributed by atoms with Gasteiger partial charge in [-0.05, 0) is 42.2 Å². The molecule has 0 radical (unpaired) electrons. The van der Waals surface area contributed by atoms with Crippen LogP contribution in [0, 0.1) is 5.82 Å². The van der Waals surface area contributed by atoms with Gasteiger partial charge in [-0.15, -0.1) is 5.10 Å². The molecule has 3 aromatic rings. The number of carbonyl (C=O) groups excluding carboxylic acids is 1. The van der Waals surface area contributed by atoms with Crippen molar-refractivity contribution in [2.45, 2.75) is 25.8 Å². The lowest BCUT2D eigenvalue weighted by atomic mass is 10.2. The molecule has 144 valence electrons. The van der Waals surface area contributed by atoms with Gasteiger partial charge in [-0.3, -0.25) is 4.79 Å². The number of rotatable bonds is 6. The van der Waals surface area contributed by atoms with Crippen LogP contribution in [0.2, 0.25) is 0 Å². The molecular formula is C20H21FN6O. The normalized spacial score (nSPS) is 13.7. The van der Waals surface area contributed by atoms with E-state index in [-0.39, 0.29) is 18.1 Å². The number of aromatic nitrogens is 4. The summed E-state index contributed by atoms with van der Waals surface area (Å²) in [4.78, 5) is 20.4. The molecule has 0 atom stereocenters. The van der Waals surface area contributed by atoms with E-state index in [4.69, 9.17) is 0 Å². The lowest BCUT2D eigenvalue weighted by Gasteiger charge is -2.16. The average molecular weight is 380 g/mol. The van der Waals surface area contributed by atoms with Crippen molar-refractivity contribution in [2.75, 3.05) is 23.3 Å². The van der Waals surface area contributed by atoms with Gasteiger partial charge in [0.1, 0.15) is 11.6 Å². The third kappa shape index (κ3) is 4.51. The Kier molecular flexibility index (Phi) is 5.27. The van der Waals surface area contributed by atoms with Gasteiger partial charge in [0.05, 0.1) is 19.2 Å². The number of anilines is 2. The Morgan fingerprint density at radius 3 is 2.50 bits per heavy atom. The van der Waals surface area contributed by atoms with E-state index in [9.17, 15) is 9.18 Å². The van der Waals surface area contributed by atoms with Gasteiger partial charge in [-0.2, -0.15) is 9.90 Å². The quantitative estimate of drug-likeness (QED) is 0.712.